The SMILES string of the molecule is Cc1ccc(F)cc1Oc1nccc(CNC(C)C)c1F. The van der Waals surface area contributed by atoms with Crippen molar-refractivity contribution in [1.82, 2.24) is 10.3 Å². The minimum atomic E-state index is -0.533. The molecule has 1 N–H and O–H groups in total. The number of rotatable bonds is 5. The van der Waals surface area contributed by atoms with E-state index in [1.807, 2.05) is 13.8 Å². The topological polar surface area (TPSA) is 34.1 Å². The van der Waals surface area contributed by atoms with Crippen molar-refractivity contribution in [3.63, 3.8) is 0 Å². The van der Waals surface area contributed by atoms with Crippen LogP contribution in [0.1, 0.15) is 25.0 Å². The van der Waals surface area contributed by atoms with Gasteiger partial charge in [0.2, 0.25) is 0 Å². The van der Waals surface area contributed by atoms with Crippen molar-refractivity contribution in [3.8, 4) is 11.6 Å². The second-order valence-corrected chi connectivity index (χ2v) is 5.14. The molecule has 0 atom stereocenters. The van der Waals surface area contributed by atoms with Gasteiger partial charge in [-0.15, -0.1) is 0 Å². The van der Waals surface area contributed by atoms with E-state index >= 15 is 0 Å². The third-order valence-corrected chi connectivity index (χ3v) is 2.99. The molecule has 1 aromatic heterocycles. The van der Waals surface area contributed by atoms with E-state index in [0.29, 0.717) is 17.7 Å². The lowest BCUT2D eigenvalue weighted by Gasteiger charge is -2.12. The Labute approximate surface area is 123 Å². The maximum Gasteiger partial charge on any atom is 0.256 e. The van der Waals surface area contributed by atoms with E-state index in [9.17, 15) is 8.78 Å². The molecule has 0 bridgehead atoms. The van der Waals surface area contributed by atoms with Crippen LogP contribution in [-0.2, 0) is 6.54 Å². The third kappa shape index (κ3) is 3.98. The van der Waals surface area contributed by atoms with E-state index in [-0.39, 0.29) is 17.7 Å². The van der Waals surface area contributed by atoms with Gasteiger partial charge in [-0.1, -0.05) is 19.9 Å². The van der Waals surface area contributed by atoms with Crippen LogP contribution >= 0.6 is 0 Å². The predicted octanol–water partition coefficient (Wildman–Crippen LogP) is 3.96. The van der Waals surface area contributed by atoms with Crippen molar-refractivity contribution >= 4 is 0 Å². The number of nitrogens with one attached hydrogen (secondary N) is 1. The number of halogens is 2. The highest BCUT2D eigenvalue weighted by molar-refractivity contribution is 5.36. The smallest absolute Gasteiger partial charge is 0.256 e. The van der Waals surface area contributed by atoms with Gasteiger partial charge in [-0.3, -0.25) is 0 Å². The normalized spacial score (nSPS) is 11.0. The van der Waals surface area contributed by atoms with E-state index in [1.54, 1.807) is 19.1 Å². The Kier molecular flexibility index (Phi) is 4.85. The molecule has 2 aromatic rings. The molecule has 0 aliphatic carbocycles. The largest absolute Gasteiger partial charge is 0.436 e. The number of aryl methyl sites for hydroxylation is 1. The summed E-state index contributed by atoms with van der Waals surface area (Å²) >= 11 is 0. The molecule has 0 spiro atoms. The Morgan fingerprint density at radius 3 is 2.71 bits per heavy atom. The van der Waals surface area contributed by atoms with E-state index in [2.05, 4.69) is 10.3 Å². The highest BCUT2D eigenvalue weighted by Crippen LogP contribution is 2.27. The van der Waals surface area contributed by atoms with Crippen LogP contribution in [0.25, 0.3) is 0 Å². The van der Waals surface area contributed by atoms with Gasteiger partial charge in [-0.05, 0) is 24.6 Å². The van der Waals surface area contributed by atoms with E-state index in [4.69, 9.17) is 4.74 Å². The predicted molar refractivity (Wildman–Crippen MR) is 77.4 cm³/mol. The van der Waals surface area contributed by atoms with Crippen LogP contribution in [0.4, 0.5) is 8.78 Å². The molecule has 2 rings (SSSR count). The van der Waals surface area contributed by atoms with Gasteiger partial charge >= 0.3 is 0 Å². The number of benzene rings is 1. The monoisotopic (exact) mass is 292 g/mol. The van der Waals surface area contributed by atoms with Crippen LogP contribution in [0.15, 0.2) is 30.5 Å². The minimum absolute atomic E-state index is 0.147. The van der Waals surface area contributed by atoms with Gasteiger partial charge in [-0.2, -0.15) is 0 Å². The van der Waals surface area contributed by atoms with Gasteiger partial charge in [0, 0.05) is 30.4 Å². The molecule has 0 aliphatic heterocycles. The lowest BCUT2D eigenvalue weighted by Crippen LogP contribution is -2.22. The summed E-state index contributed by atoms with van der Waals surface area (Å²) in [6, 6.07) is 5.96. The summed E-state index contributed by atoms with van der Waals surface area (Å²) in [6.45, 7) is 6.10. The summed E-state index contributed by atoms with van der Waals surface area (Å²) in [5.74, 6) is -0.856. The van der Waals surface area contributed by atoms with Gasteiger partial charge in [0.1, 0.15) is 11.6 Å². The van der Waals surface area contributed by atoms with E-state index in [1.165, 1.54) is 18.3 Å². The molecule has 0 saturated carbocycles. The molecule has 0 aliphatic rings. The Morgan fingerprint density at radius 1 is 1.24 bits per heavy atom. The number of aromatic nitrogens is 1. The molecule has 0 unspecified atom stereocenters. The van der Waals surface area contributed by atoms with Crippen LogP contribution in [0.2, 0.25) is 0 Å². The zero-order chi connectivity index (χ0) is 15.4. The fraction of sp³-hybridized carbons (Fsp3) is 0.312. The first-order chi connectivity index (χ1) is 9.97. The molecular weight excluding hydrogens is 274 g/mol. The first-order valence-electron chi connectivity index (χ1n) is 6.78. The number of ether oxygens (including phenoxy) is 1. The van der Waals surface area contributed by atoms with Gasteiger partial charge in [0.05, 0.1) is 0 Å². The molecule has 3 nitrogen and oxygen atoms in total. The van der Waals surface area contributed by atoms with Crippen molar-refractivity contribution in [2.24, 2.45) is 0 Å². The van der Waals surface area contributed by atoms with E-state index < -0.39 is 11.6 Å². The van der Waals surface area contributed by atoms with Gasteiger partial charge in [-0.25, -0.2) is 13.8 Å². The Morgan fingerprint density at radius 2 is 2.00 bits per heavy atom. The fourth-order valence-electron chi connectivity index (χ4n) is 1.77. The zero-order valence-electron chi connectivity index (χ0n) is 12.3. The average Bonchev–Trinajstić information content (AvgIpc) is 2.43. The Balaban J connectivity index is 2.24. The molecule has 5 heteroatoms. The lowest BCUT2D eigenvalue weighted by atomic mass is 10.2. The van der Waals surface area contributed by atoms with Crippen LogP contribution in [0.3, 0.4) is 0 Å². The highest BCUT2D eigenvalue weighted by atomic mass is 19.1. The van der Waals surface area contributed by atoms with Crippen molar-refractivity contribution in [3.05, 3.63) is 53.2 Å². The average molecular weight is 292 g/mol. The number of nitrogens with zero attached hydrogens (tertiary/aromatic N) is 1. The Bertz CT molecular complexity index is 630. The third-order valence-electron chi connectivity index (χ3n) is 2.99. The van der Waals surface area contributed by atoms with Crippen LogP contribution in [-0.4, -0.2) is 11.0 Å². The van der Waals surface area contributed by atoms with Crippen LogP contribution in [0, 0.1) is 18.6 Å². The molecule has 0 fully saturated rings. The standard InChI is InChI=1S/C16H18F2N2O/c1-10(2)20-9-12-6-7-19-16(15(12)18)21-14-8-13(17)5-4-11(14)3/h4-8,10,20H,9H2,1-3H3. The highest BCUT2D eigenvalue weighted by Gasteiger charge is 2.13. The first-order valence-corrected chi connectivity index (χ1v) is 6.78. The quantitative estimate of drug-likeness (QED) is 0.905. The van der Waals surface area contributed by atoms with Gasteiger partial charge in [0.25, 0.3) is 5.88 Å². The van der Waals surface area contributed by atoms with Gasteiger partial charge < -0.3 is 10.1 Å². The molecule has 112 valence electrons. The molecule has 1 heterocycles. The maximum atomic E-state index is 14.3. The molecule has 1 aromatic carbocycles. The summed E-state index contributed by atoms with van der Waals surface area (Å²) < 4.78 is 33.0. The summed E-state index contributed by atoms with van der Waals surface area (Å²) in [4.78, 5) is 3.88. The minimum Gasteiger partial charge on any atom is -0.436 e. The summed E-state index contributed by atoms with van der Waals surface area (Å²) in [5, 5.41) is 3.13. The zero-order valence-corrected chi connectivity index (χ0v) is 12.3. The van der Waals surface area contributed by atoms with Crippen LogP contribution < -0.4 is 10.1 Å². The molecule has 21 heavy (non-hydrogen) atoms. The van der Waals surface area contributed by atoms with Crippen LogP contribution in [0.5, 0.6) is 11.6 Å². The second kappa shape index (κ2) is 6.63. The summed E-state index contributed by atoms with van der Waals surface area (Å²) in [6.07, 6.45) is 1.48. The fourth-order valence-corrected chi connectivity index (χ4v) is 1.77. The Hall–Kier alpha value is -2.01. The molecule has 0 amide bonds. The lowest BCUT2D eigenvalue weighted by molar-refractivity contribution is 0.411. The summed E-state index contributed by atoms with van der Waals surface area (Å²) in [7, 11) is 0. The van der Waals surface area contributed by atoms with Crippen molar-refractivity contribution in [2.45, 2.75) is 33.4 Å². The number of hydrogen-bond donors (Lipinski definition) is 1. The molecule has 0 radical (unpaired) electrons. The van der Waals surface area contributed by atoms with Crippen molar-refractivity contribution in [1.29, 1.82) is 0 Å². The molecular formula is C16H18F2N2O. The second-order valence-electron chi connectivity index (χ2n) is 5.14. The molecule has 0 saturated heterocycles. The first kappa shape index (κ1) is 15.4. The number of pyridine rings is 1. The van der Waals surface area contributed by atoms with Crippen molar-refractivity contribution < 1.29 is 13.5 Å². The van der Waals surface area contributed by atoms with Gasteiger partial charge in [0.15, 0.2) is 5.82 Å². The maximum absolute atomic E-state index is 14.3. The van der Waals surface area contributed by atoms with Crippen molar-refractivity contribution in [2.75, 3.05) is 0 Å². The summed E-state index contributed by atoms with van der Waals surface area (Å²) in [5.41, 5.74) is 1.17. The van der Waals surface area contributed by atoms with E-state index in [0.717, 1.165) is 0 Å². The number of hydrogen-bond acceptors (Lipinski definition) is 3.